The van der Waals surface area contributed by atoms with Crippen molar-refractivity contribution in [3.05, 3.63) is 29.5 Å². The molecule has 106 valence electrons. The molecule has 2 aromatic rings. The van der Waals surface area contributed by atoms with Crippen molar-refractivity contribution in [3.8, 4) is 0 Å². The summed E-state index contributed by atoms with van der Waals surface area (Å²) in [5.41, 5.74) is 6.05. The Balaban J connectivity index is 1.75. The molecular weight excluding hydrogens is 260 g/mol. The first-order valence-electron chi connectivity index (χ1n) is 6.57. The lowest BCUT2D eigenvalue weighted by molar-refractivity contribution is 0.0696. The molecule has 20 heavy (non-hydrogen) atoms. The maximum atomic E-state index is 12.4. The molecular formula is C13H16N4O3. The zero-order chi connectivity index (χ0) is 14.1. The van der Waals surface area contributed by atoms with Gasteiger partial charge >= 0.3 is 6.01 Å². The number of aryl methyl sites for hydroxylation is 1. The van der Waals surface area contributed by atoms with Crippen LogP contribution in [0.5, 0.6) is 0 Å². The fourth-order valence-corrected chi connectivity index (χ4v) is 2.55. The van der Waals surface area contributed by atoms with Crippen molar-refractivity contribution in [2.45, 2.75) is 25.7 Å². The summed E-state index contributed by atoms with van der Waals surface area (Å²) in [7, 11) is 0. The molecule has 3 heterocycles. The Bertz CT molecular complexity index is 619. The van der Waals surface area contributed by atoms with E-state index in [9.17, 15) is 4.79 Å². The van der Waals surface area contributed by atoms with Crippen molar-refractivity contribution in [1.29, 1.82) is 0 Å². The van der Waals surface area contributed by atoms with Gasteiger partial charge < -0.3 is 19.5 Å². The largest absolute Gasteiger partial charge is 0.469 e. The molecule has 0 radical (unpaired) electrons. The second-order valence-electron chi connectivity index (χ2n) is 4.96. The average Bonchev–Trinajstić information content (AvgIpc) is 3.07. The Morgan fingerprint density at radius 1 is 1.50 bits per heavy atom. The van der Waals surface area contributed by atoms with Crippen molar-refractivity contribution in [1.82, 2.24) is 15.1 Å². The van der Waals surface area contributed by atoms with E-state index in [1.54, 1.807) is 17.9 Å². The number of aromatic nitrogens is 2. The minimum absolute atomic E-state index is 0.0200. The number of rotatable bonds is 2. The van der Waals surface area contributed by atoms with E-state index in [-0.39, 0.29) is 17.8 Å². The summed E-state index contributed by atoms with van der Waals surface area (Å²) < 4.78 is 10.5. The molecule has 7 heteroatoms. The van der Waals surface area contributed by atoms with Crippen molar-refractivity contribution in [2.75, 3.05) is 18.8 Å². The highest BCUT2D eigenvalue weighted by Crippen LogP contribution is 2.27. The van der Waals surface area contributed by atoms with E-state index in [1.165, 1.54) is 6.26 Å². The lowest BCUT2D eigenvalue weighted by Gasteiger charge is -2.30. The number of piperidine rings is 1. The van der Waals surface area contributed by atoms with Crippen LogP contribution in [0.25, 0.3) is 0 Å². The van der Waals surface area contributed by atoms with E-state index in [0.29, 0.717) is 23.8 Å². The summed E-state index contributed by atoms with van der Waals surface area (Å²) in [6.45, 7) is 3.07. The number of furan rings is 1. The topological polar surface area (TPSA) is 98.4 Å². The second kappa shape index (κ2) is 4.99. The van der Waals surface area contributed by atoms with Crippen LogP contribution >= 0.6 is 0 Å². The molecule has 2 N–H and O–H groups in total. The van der Waals surface area contributed by atoms with Gasteiger partial charge in [-0.1, -0.05) is 5.10 Å². The van der Waals surface area contributed by atoms with Gasteiger partial charge in [-0.15, -0.1) is 5.10 Å². The van der Waals surface area contributed by atoms with Gasteiger partial charge in [-0.3, -0.25) is 4.79 Å². The molecule has 1 amide bonds. The third-order valence-electron chi connectivity index (χ3n) is 3.60. The van der Waals surface area contributed by atoms with Crippen LogP contribution in [-0.2, 0) is 0 Å². The third-order valence-corrected chi connectivity index (χ3v) is 3.60. The predicted molar refractivity (Wildman–Crippen MR) is 70.0 cm³/mol. The summed E-state index contributed by atoms with van der Waals surface area (Å²) >= 11 is 0. The van der Waals surface area contributed by atoms with Crippen molar-refractivity contribution in [2.24, 2.45) is 0 Å². The minimum atomic E-state index is -0.0200. The Hall–Kier alpha value is -2.31. The Morgan fingerprint density at radius 3 is 3.00 bits per heavy atom. The smallest absolute Gasteiger partial charge is 0.312 e. The third kappa shape index (κ3) is 2.26. The van der Waals surface area contributed by atoms with Gasteiger partial charge in [-0.25, -0.2) is 0 Å². The monoisotopic (exact) mass is 276 g/mol. The number of nitrogen functional groups attached to an aromatic ring is 1. The predicted octanol–water partition coefficient (Wildman–Crippen LogP) is 1.57. The molecule has 1 saturated heterocycles. The van der Waals surface area contributed by atoms with E-state index < -0.39 is 0 Å². The van der Waals surface area contributed by atoms with Gasteiger partial charge in [0, 0.05) is 13.1 Å². The molecule has 1 aliphatic heterocycles. The molecule has 1 fully saturated rings. The summed E-state index contributed by atoms with van der Waals surface area (Å²) in [5, 5.41) is 7.58. The average molecular weight is 276 g/mol. The molecule has 1 aliphatic rings. The number of nitrogens with two attached hydrogens (primary N) is 1. The van der Waals surface area contributed by atoms with E-state index in [2.05, 4.69) is 10.2 Å². The zero-order valence-corrected chi connectivity index (χ0v) is 11.2. The van der Waals surface area contributed by atoms with E-state index >= 15 is 0 Å². The highest BCUT2D eigenvalue weighted by molar-refractivity contribution is 5.95. The van der Waals surface area contributed by atoms with Gasteiger partial charge in [-0.05, 0) is 25.8 Å². The molecule has 0 aliphatic carbocycles. The van der Waals surface area contributed by atoms with Crippen LogP contribution in [0.1, 0.15) is 40.8 Å². The summed E-state index contributed by atoms with van der Waals surface area (Å²) in [6.07, 6.45) is 3.34. The summed E-state index contributed by atoms with van der Waals surface area (Å²) in [6, 6.07) is 1.76. The van der Waals surface area contributed by atoms with Gasteiger partial charge in [0.25, 0.3) is 5.91 Å². The SMILES string of the molecule is Cc1occc1C(=O)N1CCCC(c2nnc(N)o2)C1. The number of carbonyl (C=O) groups excluding carboxylic acids is 1. The van der Waals surface area contributed by atoms with Crippen LogP contribution in [0, 0.1) is 6.92 Å². The quantitative estimate of drug-likeness (QED) is 0.894. The fraction of sp³-hybridized carbons (Fsp3) is 0.462. The molecule has 0 bridgehead atoms. The van der Waals surface area contributed by atoms with Crippen molar-refractivity contribution in [3.63, 3.8) is 0 Å². The maximum absolute atomic E-state index is 12.4. The van der Waals surface area contributed by atoms with Gasteiger partial charge in [0.2, 0.25) is 5.89 Å². The molecule has 1 unspecified atom stereocenters. The normalized spacial score (nSPS) is 19.2. The van der Waals surface area contributed by atoms with Crippen LogP contribution in [0.15, 0.2) is 21.2 Å². The minimum Gasteiger partial charge on any atom is -0.469 e. The number of likely N-dealkylation sites (tertiary alicyclic amines) is 1. The number of carbonyl (C=O) groups is 1. The van der Waals surface area contributed by atoms with E-state index in [1.807, 2.05) is 0 Å². The highest BCUT2D eigenvalue weighted by Gasteiger charge is 2.29. The molecule has 1 atom stereocenters. The molecule has 0 spiro atoms. The molecule has 0 aromatic carbocycles. The van der Waals surface area contributed by atoms with Gasteiger partial charge in [0.1, 0.15) is 5.76 Å². The lowest BCUT2D eigenvalue weighted by atomic mass is 9.97. The maximum Gasteiger partial charge on any atom is 0.312 e. The number of hydrogen-bond acceptors (Lipinski definition) is 6. The van der Waals surface area contributed by atoms with Gasteiger partial charge in [0.15, 0.2) is 0 Å². The first-order valence-corrected chi connectivity index (χ1v) is 6.57. The number of nitrogens with zero attached hydrogens (tertiary/aromatic N) is 3. The van der Waals surface area contributed by atoms with Gasteiger partial charge in [0.05, 0.1) is 17.7 Å². The standard InChI is InChI=1S/C13H16N4O3/c1-8-10(4-6-19-8)12(18)17-5-2-3-9(7-17)11-15-16-13(14)20-11/h4,6,9H,2-3,5,7H2,1H3,(H2,14,16). The fourth-order valence-electron chi connectivity index (χ4n) is 2.55. The van der Waals surface area contributed by atoms with Crippen LogP contribution in [0.2, 0.25) is 0 Å². The Kier molecular flexibility index (Phi) is 3.17. The summed E-state index contributed by atoms with van der Waals surface area (Å²) in [5.74, 6) is 1.17. The Labute approximate surface area is 115 Å². The van der Waals surface area contributed by atoms with Crippen LogP contribution in [0.4, 0.5) is 6.01 Å². The van der Waals surface area contributed by atoms with Crippen molar-refractivity contribution < 1.29 is 13.6 Å². The van der Waals surface area contributed by atoms with Crippen LogP contribution < -0.4 is 5.73 Å². The molecule has 0 saturated carbocycles. The Morgan fingerprint density at radius 2 is 2.35 bits per heavy atom. The van der Waals surface area contributed by atoms with E-state index in [0.717, 1.165) is 19.4 Å². The van der Waals surface area contributed by atoms with Crippen LogP contribution in [0.3, 0.4) is 0 Å². The molecule has 3 rings (SSSR count). The van der Waals surface area contributed by atoms with E-state index in [4.69, 9.17) is 14.6 Å². The zero-order valence-electron chi connectivity index (χ0n) is 11.2. The number of anilines is 1. The van der Waals surface area contributed by atoms with Gasteiger partial charge in [-0.2, -0.15) is 0 Å². The number of hydrogen-bond donors (Lipinski definition) is 1. The van der Waals surface area contributed by atoms with Crippen LogP contribution in [-0.4, -0.2) is 34.1 Å². The molecule has 2 aromatic heterocycles. The first kappa shape index (κ1) is 12.7. The molecule has 7 nitrogen and oxygen atoms in total. The first-order chi connectivity index (χ1) is 9.65. The summed E-state index contributed by atoms with van der Waals surface area (Å²) in [4.78, 5) is 14.2. The van der Waals surface area contributed by atoms with Crippen molar-refractivity contribution >= 4 is 11.9 Å². The second-order valence-corrected chi connectivity index (χ2v) is 4.96. The number of amides is 1. The lowest BCUT2D eigenvalue weighted by Crippen LogP contribution is -2.39. The highest BCUT2D eigenvalue weighted by atomic mass is 16.4.